The van der Waals surface area contributed by atoms with E-state index in [2.05, 4.69) is 231 Å². The van der Waals surface area contributed by atoms with Crippen LogP contribution in [0.5, 0.6) is 0 Å². The van der Waals surface area contributed by atoms with Crippen LogP contribution in [0.25, 0.3) is 72.3 Å². The Kier molecular flexibility index (Phi) is 7.42. The molecule has 0 saturated carbocycles. The van der Waals surface area contributed by atoms with Crippen LogP contribution in [0.1, 0.15) is 0 Å². The zero-order chi connectivity index (χ0) is 37.0. The fourth-order valence-corrected chi connectivity index (χ4v) is 8.38. The van der Waals surface area contributed by atoms with Crippen LogP contribution in [0.2, 0.25) is 0 Å². The average Bonchev–Trinajstić information content (AvgIpc) is 3.91. The third-order valence-electron chi connectivity index (χ3n) is 10.8. The van der Waals surface area contributed by atoms with E-state index in [9.17, 15) is 0 Å². The summed E-state index contributed by atoms with van der Waals surface area (Å²) in [6.07, 6.45) is 0. The normalized spacial score (nSPS) is 11.6. The zero-order valence-electron chi connectivity index (χ0n) is 30.4. The maximum Gasteiger partial charge on any atom is 0.165 e. The van der Waals surface area contributed by atoms with E-state index in [4.69, 9.17) is 4.98 Å². The molecule has 5 nitrogen and oxygen atoms in total. The molecule has 0 N–H and O–H groups in total. The summed E-state index contributed by atoms with van der Waals surface area (Å²) in [5, 5.41) is 3.48. The van der Waals surface area contributed by atoms with Gasteiger partial charge in [-0.3, -0.25) is 9.13 Å². The van der Waals surface area contributed by atoms with Gasteiger partial charge in [-0.2, -0.15) is 0 Å². The zero-order valence-corrected chi connectivity index (χ0v) is 30.4. The van der Waals surface area contributed by atoms with Crippen LogP contribution in [0.15, 0.2) is 212 Å². The summed E-state index contributed by atoms with van der Waals surface area (Å²) >= 11 is 0. The Morgan fingerprint density at radius 2 is 0.786 bits per heavy atom. The number of para-hydroxylation sites is 5. The van der Waals surface area contributed by atoms with Crippen molar-refractivity contribution in [2.45, 2.75) is 0 Å². The van der Waals surface area contributed by atoms with Gasteiger partial charge < -0.3 is 9.47 Å². The maximum absolute atomic E-state index is 5.51. The molecule has 11 aromatic rings. The van der Waals surface area contributed by atoms with E-state index >= 15 is 0 Å². The van der Waals surface area contributed by atoms with Gasteiger partial charge in [0.2, 0.25) is 0 Å². The SMILES string of the molecule is c1ccc(-c2nc3c(c4cc5c(cc4n3-c3ccccc3)c3cc(N(c4ccccc4)c4ccccc4)ccc3n5-c3ccccc3)n2-c2ccccc2)cc1. The first-order valence-electron chi connectivity index (χ1n) is 19.0. The molecular formula is C51H35N5. The van der Waals surface area contributed by atoms with Gasteiger partial charge in [-0.1, -0.05) is 121 Å². The fourth-order valence-electron chi connectivity index (χ4n) is 8.38. The van der Waals surface area contributed by atoms with Crippen LogP contribution in [0.3, 0.4) is 0 Å². The molecule has 0 saturated heterocycles. The van der Waals surface area contributed by atoms with Gasteiger partial charge in [0, 0.05) is 55.8 Å². The average molecular weight is 718 g/mol. The van der Waals surface area contributed by atoms with Crippen molar-refractivity contribution in [3.8, 4) is 28.5 Å². The number of benzene rings is 8. The lowest BCUT2D eigenvalue weighted by molar-refractivity contribution is 1.10. The summed E-state index contributed by atoms with van der Waals surface area (Å²) in [7, 11) is 0. The summed E-state index contributed by atoms with van der Waals surface area (Å²) in [5.41, 5.74) is 13.0. The van der Waals surface area contributed by atoms with Crippen LogP contribution < -0.4 is 4.90 Å². The highest BCUT2D eigenvalue weighted by Crippen LogP contribution is 2.44. The van der Waals surface area contributed by atoms with Gasteiger partial charge in [0.05, 0.1) is 16.6 Å². The number of hydrogen-bond donors (Lipinski definition) is 0. The first kappa shape index (κ1) is 31.9. The number of hydrogen-bond acceptors (Lipinski definition) is 2. The monoisotopic (exact) mass is 717 g/mol. The molecule has 0 aliphatic heterocycles. The highest BCUT2D eigenvalue weighted by Gasteiger charge is 2.25. The van der Waals surface area contributed by atoms with Crippen molar-refractivity contribution < 1.29 is 0 Å². The maximum atomic E-state index is 5.51. The van der Waals surface area contributed by atoms with Gasteiger partial charge in [0.1, 0.15) is 11.3 Å². The molecule has 0 unspecified atom stereocenters. The Balaban J connectivity index is 1.28. The van der Waals surface area contributed by atoms with Crippen molar-refractivity contribution in [2.24, 2.45) is 0 Å². The molecule has 0 spiro atoms. The molecular weight excluding hydrogens is 683 g/mol. The van der Waals surface area contributed by atoms with E-state index in [1.807, 2.05) is 0 Å². The van der Waals surface area contributed by atoms with Crippen molar-refractivity contribution in [1.29, 1.82) is 0 Å². The topological polar surface area (TPSA) is 30.9 Å². The van der Waals surface area contributed by atoms with Gasteiger partial charge in [-0.25, -0.2) is 4.98 Å². The predicted molar refractivity (Wildman–Crippen MR) is 232 cm³/mol. The molecule has 0 aliphatic carbocycles. The molecule has 264 valence electrons. The van der Waals surface area contributed by atoms with Gasteiger partial charge in [0.15, 0.2) is 5.65 Å². The molecule has 56 heavy (non-hydrogen) atoms. The molecule has 0 amide bonds. The third-order valence-corrected chi connectivity index (χ3v) is 10.8. The second-order valence-electron chi connectivity index (χ2n) is 14.1. The van der Waals surface area contributed by atoms with E-state index < -0.39 is 0 Å². The van der Waals surface area contributed by atoms with Crippen molar-refractivity contribution in [1.82, 2.24) is 18.7 Å². The molecule has 0 aliphatic rings. The van der Waals surface area contributed by atoms with Crippen LogP contribution in [0.4, 0.5) is 17.1 Å². The van der Waals surface area contributed by atoms with Crippen molar-refractivity contribution in [3.63, 3.8) is 0 Å². The van der Waals surface area contributed by atoms with Crippen LogP contribution in [0, 0.1) is 0 Å². The Bertz CT molecular complexity index is 3110. The Hall–Kier alpha value is -7.63. The van der Waals surface area contributed by atoms with Gasteiger partial charge >= 0.3 is 0 Å². The lowest BCUT2D eigenvalue weighted by Crippen LogP contribution is -2.09. The minimum atomic E-state index is 0.906. The lowest BCUT2D eigenvalue weighted by atomic mass is 10.1. The van der Waals surface area contributed by atoms with Crippen LogP contribution in [-0.4, -0.2) is 18.7 Å². The van der Waals surface area contributed by atoms with Crippen molar-refractivity contribution in [3.05, 3.63) is 212 Å². The molecule has 5 heteroatoms. The van der Waals surface area contributed by atoms with Crippen molar-refractivity contribution >= 4 is 60.9 Å². The summed E-state index contributed by atoms with van der Waals surface area (Å²) < 4.78 is 7.09. The predicted octanol–water partition coefficient (Wildman–Crippen LogP) is 13.2. The standard InChI is InChI=1S/C51H35N5/c1-7-19-36(20-8-1)50-52-51-49(56(50)41-29-17-6-18-30-41)45-35-47-44(34-48(45)55(51)40-27-15-5-16-28-40)43-33-42(31-32-46(43)54(47)39-25-13-4-14-26-39)53(37-21-9-2-10-22-37)38-23-11-3-12-24-38/h1-35H. The quantitative estimate of drug-likeness (QED) is 0.164. The number of nitrogens with zero attached hydrogens (tertiary/aromatic N) is 5. The second kappa shape index (κ2) is 13.0. The van der Waals surface area contributed by atoms with Gasteiger partial charge in [-0.15, -0.1) is 0 Å². The van der Waals surface area contributed by atoms with E-state index in [-0.39, 0.29) is 0 Å². The van der Waals surface area contributed by atoms with Crippen LogP contribution in [-0.2, 0) is 0 Å². The highest BCUT2D eigenvalue weighted by molar-refractivity contribution is 6.19. The van der Waals surface area contributed by atoms with Crippen LogP contribution >= 0.6 is 0 Å². The Morgan fingerprint density at radius 3 is 1.36 bits per heavy atom. The largest absolute Gasteiger partial charge is 0.310 e. The van der Waals surface area contributed by atoms with Crippen molar-refractivity contribution in [2.75, 3.05) is 4.90 Å². The van der Waals surface area contributed by atoms with E-state index in [1.165, 1.54) is 10.8 Å². The highest BCUT2D eigenvalue weighted by atomic mass is 15.2. The first-order chi connectivity index (χ1) is 27.8. The number of anilines is 3. The minimum absolute atomic E-state index is 0.906. The number of fused-ring (bicyclic) bond motifs is 6. The second-order valence-corrected chi connectivity index (χ2v) is 14.1. The number of imidazole rings is 1. The minimum Gasteiger partial charge on any atom is -0.310 e. The van der Waals surface area contributed by atoms with Gasteiger partial charge in [0.25, 0.3) is 0 Å². The summed E-state index contributed by atoms with van der Waals surface area (Å²) in [4.78, 5) is 7.84. The summed E-state index contributed by atoms with van der Waals surface area (Å²) in [6, 6.07) is 75.4. The molecule has 0 atom stereocenters. The molecule has 0 fully saturated rings. The Morgan fingerprint density at radius 1 is 0.339 bits per heavy atom. The molecule has 0 bridgehead atoms. The van der Waals surface area contributed by atoms with E-state index in [1.54, 1.807) is 0 Å². The molecule has 11 rings (SSSR count). The van der Waals surface area contributed by atoms with E-state index in [0.717, 1.165) is 78.6 Å². The third kappa shape index (κ3) is 5.06. The molecule has 3 heterocycles. The first-order valence-corrected chi connectivity index (χ1v) is 19.0. The molecule has 0 radical (unpaired) electrons. The smallest absolute Gasteiger partial charge is 0.165 e. The Labute approximate surface area is 324 Å². The molecule has 8 aromatic carbocycles. The number of rotatable bonds is 7. The number of aromatic nitrogens is 4. The summed E-state index contributed by atoms with van der Waals surface area (Å²) in [6.45, 7) is 0. The fraction of sp³-hybridized carbons (Fsp3) is 0. The van der Waals surface area contributed by atoms with Gasteiger partial charge in [-0.05, 0) is 91.0 Å². The lowest BCUT2D eigenvalue weighted by Gasteiger charge is -2.25. The molecule has 3 aromatic heterocycles. The summed E-state index contributed by atoms with van der Waals surface area (Å²) in [5.74, 6) is 0.906. The van der Waals surface area contributed by atoms with E-state index in [0.29, 0.717) is 0 Å².